The number of hydrazone groups is 1. The van der Waals surface area contributed by atoms with Gasteiger partial charge in [-0.1, -0.05) is 30.3 Å². The topological polar surface area (TPSA) is 91.8 Å². The molecule has 164 valence electrons. The first-order valence-corrected chi connectivity index (χ1v) is 9.48. The van der Waals surface area contributed by atoms with E-state index in [-0.39, 0.29) is 5.69 Å². The van der Waals surface area contributed by atoms with Crippen LogP contribution in [0.15, 0.2) is 65.8 Å². The number of hydrogen-bond acceptors (Lipinski definition) is 5. The lowest BCUT2D eigenvalue weighted by atomic mass is 10.1. The van der Waals surface area contributed by atoms with Crippen molar-refractivity contribution in [3.63, 3.8) is 0 Å². The van der Waals surface area contributed by atoms with Gasteiger partial charge in [-0.25, -0.2) is 14.2 Å². The summed E-state index contributed by atoms with van der Waals surface area (Å²) in [4.78, 5) is 23.9. The van der Waals surface area contributed by atoms with Gasteiger partial charge in [-0.15, -0.1) is 0 Å². The monoisotopic (exact) mass is 438 g/mol. The lowest BCUT2D eigenvalue weighted by Gasteiger charge is -2.15. The second-order valence-electron chi connectivity index (χ2n) is 6.64. The van der Waals surface area contributed by atoms with Gasteiger partial charge in [0.15, 0.2) is 0 Å². The molecule has 0 radical (unpaired) electrons. The third-order valence-electron chi connectivity index (χ3n) is 4.44. The van der Waals surface area contributed by atoms with Crippen molar-refractivity contribution in [3.8, 4) is 5.75 Å². The number of carbonyl (C=O) groups is 2. The van der Waals surface area contributed by atoms with Gasteiger partial charge in [0.05, 0.1) is 24.7 Å². The van der Waals surface area contributed by atoms with E-state index in [0.29, 0.717) is 23.1 Å². The van der Waals surface area contributed by atoms with E-state index in [2.05, 4.69) is 21.2 Å². The predicted molar refractivity (Wildman–Crippen MR) is 118 cm³/mol. The number of anilines is 3. The molecule has 0 spiro atoms. The molecule has 3 aromatic rings. The maximum atomic E-state index is 13.6. The zero-order chi connectivity index (χ0) is 23.1. The fraction of sp³-hybridized carbons (Fsp3) is 0.0870. The summed E-state index contributed by atoms with van der Waals surface area (Å²) < 4.78 is 32.0. The van der Waals surface area contributed by atoms with Crippen LogP contribution in [-0.4, -0.2) is 25.1 Å². The van der Waals surface area contributed by atoms with Gasteiger partial charge in [-0.05, 0) is 36.8 Å². The Bertz CT molecular complexity index is 1180. The van der Waals surface area contributed by atoms with E-state index in [1.165, 1.54) is 13.3 Å². The zero-order valence-electron chi connectivity index (χ0n) is 17.3. The number of rotatable bonds is 6. The minimum Gasteiger partial charge on any atom is -0.495 e. The van der Waals surface area contributed by atoms with Gasteiger partial charge in [0.1, 0.15) is 17.4 Å². The lowest BCUT2D eigenvalue weighted by Crippen LogP contribution is -2.32. The number of hydrogen-bond donors (Lipinski definition) is 3. The third kappa shape index (κ3) is 5.45. The zero-order valence-corrected chi connectivity index (χ0v) is 17.3. The molecule has 0 bridgehead atoms. The molecular weight excluding hydrogens is 418 g/mol. The molecule has 0 unspecified atom stereocenters. The first kappa shape index (κ1) is 22.4. The molecule has 0 atom stereocenters. The summed E-state index contributed by atoms with van der Waals surface area (Å²) in [5, 5.41) is 9.15. The molecule has 0 aromatic heterocycles. The van der Waals surface area contributed by atoms with Crippen LogP contribution in [0.5, 0.6) is 5.75 Å². The molecule has 0 saturated carbocycles. The molecule has 9 heteroatoms. The second-order valence-corrected chi connectivity index (χ2v) is 6.64. The average molecular weight is 438 g/mol. The van der Waals surface area contributed by atoms with Gasteiger partial charge in [-0.2, -0.15) is 5.10 Å². The highest BCUT2D eigenvalue weighted by atomic mass is 19.1. The number of carbonyl (C=O) groups excluding carboxylic acids is 2. The SMILES string of the molecule is COc1cccc(/C=N\NC(=O)C(=O)Nc2ccc(F)cc2F)c1Nc1ccccc1C. The summed E-state index contributed by atoms with van der Waals surface area (Å²) in [6, 6.07) is 15.5. The standard InChI is InChI=1S/C23H20F2N4O3/c1-14-6-3-4-8-18(14)27-21-15(7-5-9-20(21)32-2)13-26-29-23(31)22(30)28-19-11-10-16(24)12-17(19)25/h3-13,27H,1-2H3,(H,28,30)(H,29,31)/b26-13-. The van der Waals surface area contributed by atoms with Crippen molar-refractivity contribution in [1.29, 1.82) is 0 Å². The van der Waals surface area contributed by atoms with Crippen molar-refractivity contribution in [1.82, 2.24) is 5.43 Å². The number of nitrogens with zero attached hydrogens (tertiary/aromatic N) is 1. The van der Waals surface area contributed by atoms with Crippen LogP contribution in [0, 0.1) is 18.6 Å². The minimum absolute atomic E-state index is 0.326. The molecule has 0 aliphatic rings. The van der Waals surface area contributed by atoms with Crippen molar-refractivity contribution < 1.29 is 23.1 Å². The molecule has 0 aliphatic carbocycles. The molecule has 0 aliphatic heterocycles. The van der Waals surface area contributed by atoms with Crippen molar-refractivity contribution in [2.45, 2.75) is 6.92 Å². The fourth-order valence-electron chi connectivity index (χ4n) is 2.79. The van der Waals surface area contributed by atoms with E-state index in [1.807, 2.05) is 31.2 Å². The van der Waals surface area contributed by atoms with Crippen molar-refractivity contribution in [2.75, 3.05) is 17.7 Å². The molecule has 0 saturated heterocycles. The van der Waals surface area contributed by atoms with Crippen LogP contribution in [0.2, 0.25) is 0 Å². The summed E-state index contributed by atoms with van der Waals surface area (Å²) in [5.41, 5.74) is 4.81. The average Bonchev–Trinajstić information content (AvgIpc) is 2.77. The molecule has 7 nitrogen and oxygen atoms in total. The summed E-state index contributed by atoms with van der Waals surface area (Å²) in [7, 11) is 1.53. The Hall–Kier alpha value is -4.27. The summed E-state index contributed by atoms with van der Waals surface area (Å²) in [6.07, 6.45) is 1.34. The maximum Gasteiger partial charge on any atom is 0.329 e. The minimum atomic E-state index is -1.16. The Morgan fingerprint density at radius 1 is 0.969 bits per heavy atom. The van der Waals surface area contributed by atoms with Crippen molar-refractivity contribution in [2.24, 2.45) is 5.10 Å². The van der Waals surface area contributed by atoms with Crippen LogP contribution in [0.25, 0.3) is 0 Å². The molecule has 3 rings (SSSR count). The van der Waals surface area contributed by atoms with E-state index in [0.717, 1.165) is 23.4 Å². The Morgan fingerprint density at radius 3 is 2.47 bits per heavy atom. The Balaban J connectivity index is 1.72. The number of halogens is 2. The molecule has 3 aromatic carbocycles. The maximum absolute atomic E-state index is 13.6. The molecule has 3 N–H and O–H groups in total. The first-order valence-electron chi connectivity index (χ1n) is 9.48. The van der Waals surface area contributed by atoms with Gasteiger partial charge in [0.2, 0.25) is 0 Å². The van der Waals surface area contributed by atoms with E-state index in [4.69, 9.17) is 4.74 Å². The van der Waals surface area contributed by atoms with Gasteiger partial charge < -0.3 is 15.4 Å². The van der Waals surface area contributed by atoms with Crippen LogP contribution < -0.4 is 20.8 Å². The van der Waals surface area contributed by atoms with Crippen molar-refractivity contribution >= 4 is 35.1 Å². The molecule has 0 heterocycles. The molecule has 2 amide bonds. The van der Waals surface area contributed by atoms with Gasteiger partial charge >= 0.3 is 11.8 Å². The fourth-order valence-corrected chi connectivity index (χ4v) is 2.79. The van der Waals surface area contributed by atoms with Gasteiger partial charge in [0.25, 0.3) is 0 Å². The summed E-state index contributed by atoms with van der Waals surface area (Å²) in [6.45, 7) is 1.95. The Kier molecular flexibility index (Phi) is 7.12. The third-order valence-corrected chi connectivity index (χ3v) is 4.44. The van der Waals surface area contributed by atoms with Crippen molar-refractivity contribution in [3.05, 3.63) is 83.4 Å². The normalized spacial score (nSPS) is 10.6. The Labute approximate surface area is 183 Å². The summed E-state index contributed by atoms with van der Waals surface area (Å²) >= 11 is 0. The first-order chi connectivity index (χ1) is 15.4. The van der Waals surface area contributed by atoms with Gasteiger partial charge in [-0.3, -0.25) is 9.59 Å². The van der Waals surface area contributed by atoms with Crippen LogP contribution in [0.4, 0.5) is 25.8 Å². The highest BCUT2D eigenvalue weighted by Gasteiger charge is 2.16. The largest absolute Gasteiger partial charge is 0.495 e. The lowest BCUT2D eigenvalue weighted by molar-refractivity contribution is -0.136. The van der Waals surface area contributed by atoms with Crippen LogP contribution in [0.1, 0.15) is 11.1 Å². The van der Waals surface area contributed by atoms with Crippen LogP contribution >= 0.6 is 0 Å². The Morgan fingerprint density at radius 2 is 1.75 bits per heavy atom. The second kappa shape index (κ2) is 10.2. The van der Waals surface area contributed by atoms with Gasteiger partial charge in [0, 0.05) is 17.3 Å². The summed E-state index contributed by atoms with van der Waals surface area (Å²) in [5.74, 6) is -3.54. The number of aryl methyl sites for hydroxylation is 1. The van der Waals surface area contributed by atoms with E-state index in [9.17, 15) is 18.4 Å². The van der Waals surface area contributed by atoms with Crippen LogP contribution in [-0.2, 0) is 9.59 Å². The number of amides is 2. The van der Waals surface area contributed by atoms with E-state index < -0.39 is 23.4 Å². The van der Waals surface area contributed by atoms with Crippen LogP contribution in [0.3, 0.4) is 0 Å². The smallest absolute Gasteiger partial charge is 0.329 e. The number of para-hydroxylation sites is 2. The number of benzene rings is 3. The molecule has 32 heavy (non-hydrogen) atoms. The number of nitrogens with one attached hydrogen (secondary N) is 3. The van der Waals surface area contributed by atoms with E-state index in [1.54, 1.807) is 18.2 Å². The van der Waals surface area contributed by atoms with E-state index >= 15 is 0 Å². The quantitative estimate of drug-likeness (QED) is 0.307. The molecular formula is C23H20F2N4O3. The highest BCUT2D eigenvalue weighted by molar-refractivity contribution is 6.39. The molecule has 0 fully saturated rings. The number of ether oxygens (including phenoxy) is 1. The number of methoxy groups -OCH3 is 1. The highest BCUT2D eigenvalue weighted by Crippen LogP contribution is 2.31. The predicted octanol–water partition coefficient (Wildman–Crippen LogP) is 4.11.